The molecule has 0 bridgehead atoms. The Balaban J connectivity index is 2.08. The first kappa shape index (κ1) is 62.3. The van der Waals surface area contributed by atoms with Gasteiger partial charge in [-0.05, 0) is 44.9 Å². The summed E-state index contributed by atoms with van der Waals surface area (Å²) in [4.78, 5) is 12.9. The molecule has 0 spiro atoms. The zero-order valence-corrected chi connectivity index (χ0v) is 42.2. The van der Waals surface area contributed by atoms with Gasteiger partial charge in [0.05, 0.1) is 25.4 Å². The fourth-order valence-electron chi connectivity index (χ4n) is 8.32. The maximum absolute atomic E-state index is 12.9. The van der Waals surface area contributed by atoms with Gasteiger partial charge in [0.15, 0.2) is 6.29 Å². The molecule has 66 heavy (non-hydrogen) atoms. The largest absolute Gasteiger partial charge is 0.397 e. The standard InChI is InChI=1S/C52H97NO12S/c1-3-5-7-8-9-10-11-12-13-14-15-16-17-18-19-20-21-22-23-24-25-26-27-28-29-30-31-32-33-34-35-36-37-39-41-46(56)51(59)53-44(45(55)40-38-6-4-2)43-63-52-49(58)50(65-66(60,61)62)48(57)47(42-54)64-52/h17-18,20-21,38,40,44-50,52,54-58H,3-16,19,22-37,39,41-43H2,1-2H3,(H,53,59)(H,60,61,62)/b18-17-,21-20-,40-38+. The van der Waals surface area contributed by atoms with Crippen LogP contribution in [0, 0.1) is 0 Å². The summed E-state index contributed by atoms with van der Waals surface area (Å²) in [6.45, 7) is 2.97. The molecule has 1 fully saturated rings. The number of carbonyl (C=O) groups excluding carboxylic acids is 1. The lowest BCUT2D eigenvalue weighted by Crippen LogP contribution is -2.61. The molecule has 8 unspecified atom stereocenters. The predicted molar refractivity (Wildman–Crippen MR) is 265 cm³/mol. The van der Waals surface area contributed by atoms with Crippen molar-refractivity contribution in [1.29, 1.82) is 0 Å². The first-order valence-electron chi connectivity index (χ1n) is 26.5. The summed E-state index contributed by atoms with van der Waals surface area (Å²) in [6.07, 6.45) is 41.2. The zero-order valence-electron chi connectivity index (χ0n) is 41.4. The number of ether oxygens (including phenoxy) is 2. The molecule has 0 aromatic rings. The number of aliphatic hydroxyl groups is 5. The van der Waals surface area contributed by atoms with Crippen LogP contribution in [0.1, 0.15) is 226 Å². The molecule has 7 N–H and O–H groups in total. The predicted octanol–water partition coefficient (Wildman–Crippen LogP) is 10.4. The van der Waals surface area contributed by atoms with E-state index in [1.807, 2.05) is 6.92 Å². The van der Waals surface area contributed by atoms with E-state index in [1.165, 1.54) is 167 Å². The monoisotopic (exact) mass is 960 g/mol. The van der Waals surface area contributed by atoms with Crippen LogP contribution in [-0.4, -0.2) is 107 Å². The van der Waals surface area contributed by atoms with Crippen molar-refractivity contribution in [2.24, 2.45) is 0 Å². The number of amides is 1. The van der Waals surface area contributed by atoms with E-state index in [9.17, 15) is 38.7 Å². The van der Waals surface area contributed by atoms with Gasteiger partial charge in [0.25, 0.3) is 0 Å². The summed E-state index contributed by atoms with van der Waals surface area (Å²) >= 11 is 0. The Bertz CT molecular complexity index is 1330. The molecule has 0 aliphatic carbocycles. The number of aliphatic hydroxyl groups excluding tert-OH is 5. The molecule has 0 radical (unpaired) electrons. The highest BCUT2D eigenvalue weighted by atomic mass is 32.3. The van der Waals surface area contributed by atoms with Crippen LogP contribution in [0.2, 0.25) is 0 Å². The molecule has 1 saturated heterocycles. The molecule has 1 amide bonds. The van der Waals surface area contributed by atoms with Gasteiger partial charge in [0.1, 0.15) is 30.5 Å². The molecule has 14 heteroatoms. The molecule has 0 aromatic heterocycles. The molecule has 1 heterocycles. The van der Waals surface area contributed by atoms with Gasteiger partial charge in [-0.2, -0.15) is 8.42 Å². The molecule has 1 aliphatic heterocycles. The molecule has 8 atom stereocenters. The molecule has 1 aliphatic rings. The summed E-state index contributed by atoms with van der Waals surface area (Å²) in [5.41, 5.74) is 0. The van der Waals surface area contributed by atoms with Crippen molar-refractivity contribution < 1.29 is 57.0 Å². The van der Waals surface area contributed by atoms with Crippen molar-refractivity contribution in [3.8, 4) is 0 Å². The fraction of sp³-hybridized carbons (Fsp3) is 0.865. The van der Waals surface area contributed by atoms with Crippen molar-refractivity contribution in [2.45, 2.75) is 275 Å². The Kier molecular flexibility index (Phi) is 39.8. The molecule has 0 saturated carbocycles. The number of unbranched alkanes of at least 4 members (excludes halogenated alkanes) is 28. The lowest BCUT2D eigenvalue weighted by atomic mass is 9.99. The SMILES string of the molecule is CCC/C=C/C(O)C(COC1OC(CO)C(O)C(OS(=O)(=O)O)C1O)NC(=O)C(O)CCCCCCCCCCCCCCCCCC/C=C\C/C=C\CCCCCCCCCCCCC. The van der Waals surface area contributed by atoms with E-state index in [0.29, 0.717) is 12.8 Å². The molecule has 13 nitrogen and oxygen atoms in total. The summed E-state index contributed by atoms with van der Waals surface area (Å²) in [5, 5.41) is 54.5. The maximum atomic E-state index is 12.9. The van der Waals surface area contributed by atoms with Crippen LogP contribution in [0.4, 0.5) is 0 Å². The molecule has 1 rings (SSSR count). The Morgan fingerprint density at radius 3 is 1.52 bits per heavy atom. The third kappa shape index (κ3) is 33.7. The van der Waals surface area contributed by atoms with E-state index in [2.05, 4.69) is 40.7 Å². The van der Waals surface area contributed by atoms with Crippen molar-refractivity contribution >= 4 is 16.3 Å². The normalized spacial score (nSPS) is 20.8. The second-order valence-electron chi connectivity index (χ2n) is 18.6. The first-order valence-corrected chi connectivity index (χ1v) is 27.8. The minimum atomic E-state index is -5.11. The Labute approximate surface area is 401 Å². The van der Waals surface area contributed by atoms with E-state index >= 15 is 0 Å². The van der Waals surface area contributed by atoms with Crippen LogP contribution in [0.25, 0.3) is 0 Å². The summed E-state index contributed by atoms with van der Waals surface area (Å²) in [6, 6.07) is -1.11. The van der Waals surface area contributed by atoms with E-state index in [4.69, 9.17) is 14.0 Å². The highest BCUT2D eigenvalue weighted by Crippen LogP contribution is 2.26. The van der Waals surface area contributed by atoms with Gasteiger partial charge in [0.2, 0.25) is 5.91 Å². The van der Waals surface area contributed by atoms with Crippen molar-refractivity contribution in [3.05, 3.63) is 36.5 Å². The van der Waals surface area contributed by atoms with Gasteiger partial charge in [-0.25, -0.2) is 4.18 Å². The van der Waals surface area contributed by atoms with Crippen LogP contribution in [0.15, 0.2) is 36.5 Å². The second-order valence-corrected chi connectivity index (χ2v) is 19.7. The first-order chi connectivity index (χ1) is 31.9. The Morgan fingerprint density at radius 2 is 1.08 bits per heavy atom. The Morgan fingerprint density at radius 1 is 0.621 bits per heavy atom. The van der Waals surface area contributed by atoms with E-state index < -0.39 is 78.5 Å². The lowest BCUT2D eigenvalue weighted by Gasteiger charge is -2.41. The number of nitrogens with one attached hydrogen (secondary N) is 1. The molecule has 0 aromatic carbocycles. The summed E-state index contributed by atoms with van der Waals surface area (Å²) in [5.74, 6) is -0.713. The average Bonchev–Trinajstić information content (AvgIpc) is 3.29. The smallest absolute Gasteiger partial charge is 0.394 e. The topological polar surface area (TPSA) is 212 Å². The zero-order chi connectivity index (χ0) is 48.5. The lowest BCUT2D eigenvalue weighted by molar-refractivity contribution is -0.298. The van der Waals surface area contributed by atoms with Gasteiger partial charge in [-0.1, -0.05) is 217 Å². The number of allylic oxidation sites excluding steroid dienone is 5. The van der Waals surface area contributed by atoms with Crippen LogP contribution in [0.3, 0.4) is 0 Å². The summed E-state index contributed by atoms with van der Waals surface area (Å²) < 4.78 is 47.1. The second kappa shape index (κ2) is 42.2. The van der Waals surface area contributed by atoms with E-state index in [0.717, 1.165) is 32.1 Å². The number of hydrogen-bond donors (Lipinski definition) is 7. The molecule has 388 valence electrons. The van der Waals surface area contributed by atoms with Gasteiger partial charge in [0, 0.05) is 0 Å². The molecular weight excluding hydrogens is 863 g/mol. The third-order valence-electron chi connectivity index (χ3n) is 12.5. The minimum absolute atomic E-state index is 0.241. The maximum Gasteiger partial charge on any atom is 0.397 e. The third-order valence-corrected chi connectivity index (χ3v) is 13.0. The van der Waals surface area contributed by atoms with E-state index in [1.54, 1.807) is 6.08 Å². The van der Waals surface area contributed by atoms with Crippen molar-refractivity contribution in [1.82, 2.24) is 5.32 Å². The minimum Gasteiger partial charge on any atom is -0.394 e. The van der Waals surface area contributed by atoms with Crippen LogP contribution in [-0.2, 0) is 28.9 Å². The molecular formula is C52H97NO12S. The number of rotatable bonds is 45. The van der Waals surface area contributed by atoms with Crippen molar-refractivity contribution in [2.75, 3.05) is 13.2 Å². The van der Waals surface area contributed by atoms with Crippen LogP contribution in [0.5, 0.6) is 0 Å². The van der Waals surface area contributed by atoms with Gasteiger partial charge in [-0.15, -0.1) is 0 Å². The van der Waals surface area contributed by atoms with Crippen molar-refractivity contribution in [3.63, 3.8) is 0 Å². The van der Waals surface area contributed by atoms with Crippen LogP contribution < -0.4 is 5.32 Å². The quantitative estimate of drug-likeness (QED) is 0.0173. The van der Waals surface area contributed by atoms with E-state index in [-0.39, 0.29) is 6.42 Å². The number of carbonyl (C=O) groups is 1. The van der Waals surface area contributed by atoms with Gasteiger partial charge >= 0.3 is 10.4 Å². The Hall–Kier alpha value is -1.72. The average molecular weight is 960 g/mol. The highest BCUT2D eigenvalue weighted by Gasteiger charge is 2.48. The van der Waals surface area contributed by atoms with Crippen LogP contribution >= 0.6 is 0 Å². The number of hydrogen-bond acceptors (Lipinski definition) is 11. The van der Waals surface area contributed by atoms with Gasteiger partial charge < -0.3 is 40.3 Å². The fourth-order valence-corrected chi connectivity index (χ4v) is 8.83. The highest BCUT2D eigenvalue weighted by molar-refractivity contribution is 7.80. The van der Waals surface area contributed by atoms with Gasteiger partial charge in [-0.3, -0.25) is 9.35 Å². The summed E-state index contributed by atoms with van der Waals surface area (Å²) in [7, 11) is -5.11.